The lowest BCUT2D eigenvalue weighted by atomic mass is 10.2. The zero-order valence-electron chi connectivity index (χ0n) is 10.6. The molecule has 1 aromatic heterocycles. The van der Waals surface area contributed by atoms with Gasteiger partial charge in [0, 0.05) is 32.2 Å². The minimum absolute atomic E-state index is 0.527. The van der Waals surface area contributed by atoms with Crippen LogP contribution < -0.4 is 15.0 Å². The van der Waals surface area contributed by atoms with E-state index < -0.39 is 0 Å². The van der Waals surface area contributed by atoms with Crippen molar-refractivity contribution in [2.45, 2.75) is 13.8 Å². The Labute approximate surface area is 103 Å². The first-order valence-corrected chi connectivity index (χ1v) is 6.31. The molecular formula is C13H21N3O. The average molecular weight is 235 g/mol. The van der Waals surface area contributed by atoms with Gasteiger partial charge in [0.2, 0.25) is 5.88 Å². The molecular weight excluding hydrogens is 214 g/mol. The molecule has 1 N–H and O–H groups in total. The van der Waals surface area contributed by atoms with Gasteiger partial charge in [-0.3, -0.25) is 0 Å². The van der Waals surface area contributed by atoms with Gasteiger partial charge in [0.25, 0.3) is 0 Å². The largest absolute Gasteiger partial charge is 0.477 e. The highest BCUT2D eigenvalue weighted by molar-refractivity contribution is 5.41. The molecule has 0 amide bonds. The van der Waals surface area contributed by atoms with Crippen molar-refractivity contribution < 1.29 is 4.74 Å². The second kappa shape index (κ2) is 5.87. The molecule has 1 fully saturated rings. The molecule has 0 saturated carbocycles. The zero-order valence-corrected chi connectivity index (χ0v) is 10.6. The lowest BCUT2D eigenvalue weighted by Gasteiger charge is -2.28. The van der Waals surface area contributed by atoms with Crippen LogP contribution in [0.15, 0.2) is 18.2 Å². The average Bonchev–Trinajstić information content (AvgIpc) is 2.38. The fraction of sp³-hybridized carbons (Fsp3) is 0.615. The first-order valence-electron chi connectivity index (χ1n) is 6.31. The SMILES string of the molecule is CC(C)COc1cccc(N2CCNCC2)n1. The van der Waals surface area contributed by atoms with E-state index in [1.165, 1.54) is 0 Å². The van der Waals surface area contributed by atoms with Crippen molar-refractivity contribution in [3.8, 4) is 5.88 Å². The van der Waals surface area contributed by atoms with Gasteiger partial charge in [-0.05, 0) is 12.0 Å². The van der Waals surface area contributed by atoms with Gasteiger partial charge in [0.1, 0.15) is 5.82 Å². The molecule has 2 heterocycles. The molecule has 0 unspecified atom stereocenters. The summed E-state index contributed by atoms with van der Waals surface area (Å²) in [6.45, 7) is 9.08. The molecule has 0 bridgehead atoms. The minimum Gasteiger partial charge on any atom is -0.477 e. The highest BCUT2D eigenvalue weighted by Crippen LogP contribution is 2.16. The van der Waals surface area contributed by atoms with E-state index in [1.807, 2.05) is 18.2 Å². The van der Waals surface area contributed by atoms with E-state index in [9.17, 15) is 0 Å². The number of piperazine rings is 1. The minimum atomic E-state index is 0.527. The smallest absolute Gasteiger partial charge is 0.215 e. The summed E-state index contributed by atoms with van der Waals surface area (Å²) in [6.07, 6.45) is 0. The quantitative estimate of drug-likeness (QED) is 0.858. The second-order valence-corrected chi connectivity index (χ2v) is 4.78. The number of rotatable bonds is 4. The number of pyridine rings is 1. The van der Waals surface area contributed by atoms with E-state index in [1.54, 1.807) is 0 Å². The Morgan fingerprint density at radius 2 is 2.12 bits per heavy atom. The summed E-state index contributed by atoms with van der Waals surface area (Å²) in [5.74, 6) is 2.28. The van der Waals surface area contributed by atoms with Gasteiger partial charge in [0.15, 0.2) is 0 Å². The Balaban J connectivity index is 2.00. The fourth-order valence-electron chi connectivity index (χ4n) is 1.81. The number of aromatic nitrogens is 1. The van der Waals surface area contributed by atoms with E-state index in [0.29, 0.717) is 5.92 Å². The zero-order chi connectivity index (χ0) is 12.1. The van der Waals surface area contributed by atoms with E-state index >= 15 is 0 Å². The molecule has 0 spiro atoms. The summed E-state index contributed by atoms with van der Waals surface area (Å²) < 4.78 is 5.65. The predicted octanol–water partition coefficient (Wildman–Crippen LogP) is 1.53. The highest BCUT2D eigenvalue weighted by atomic mass is 16.5. The predicted molar refractivity (Wildman–Crippen MR) is 69.7 cm³/mol. The van der Waals surface area contributed by atoms with Crippen molar-refractivity contribution in [3.05, 3.63) is 18.2 Å². The molecule has 1 saturated heterocycles. The van der Waals surface area contributed by atoms with Gasteiger partial charge in [-0.2, -0.15) is 4.98 Å². The topological polar surface area (TPSA) is 37.4 Å². The Bertz CT molecular complexity index is 348. The summed E-state index contributed by atoms with van der Waals surface area (Å²) in [4.78, 5) is 6.83. The summed E-state index contributed by atoms with van der Waals surface area (Å²) in [7, 11) is 0. The first kappa shape index (κ1) is 12.2. The van der Waals surface area contributed by atoms with Crippen molar-refractivity contribution in [2.24, 2.45) is 5.92 Å². The summed E-state index contributed by atoms with van der Waals surface area (Å²) in [5, 5.41) is 3.34. The van der Waals surface area contributed by atoms with Crippen LogP contribution in [0.3, 0.4) is 0 Å². The Kier molecular flexibility index (Phi) is 4.20. The molecule has 17 heavy (non-hydrogen) atoms. The standard InChI is InChI=1S/C13H21N3O/c1-11(2)10-17-13-5-3-4-12(15-13)16-8-6-14-7-9-16/h3-5,11,14H,6-10H2,1-2H3. The molecule has 1 aliphatic rings. The Morgan fingerprint density at radius 3 is 2.82 bits per heavy atom. The van der Waals surface area contributed by atoms with Gasteiger partial charge in [-0.1, -0.05) is 19.9 Å². The van der Waals surface area contributed by atoms with Crippen LogP contribution in [-0.2, 0) is 0 Å². The third-order valence-corrected chi connectivity index (χ3v) is 2.71. The van der Waals surface area contributed by atoms with Crippen LogP contribution in [0, 0.1) is 5.92 Å². The molecule has 4 nitrogen and oxygen atoms in total. The summed E-state index contributed by atoms with van der Waals surface area (Å²) in [5.41, 5.74) is 0. The number of hydrogen-bond donors (Lipinski definition) is 1. The molecule has 0 aromatic carbocycles. The van der Waals surface area contributed by atoms with Crippen molar-refractivity contribution in [2.75, 3.05) is 37.7 Å². The normalized spacial score (nSPS) is 16.3. The maximum atomic E-state index is 5.65. The monoisotopic (exact) mass is 235 g/mol. The highest BCUT2D eigenvalue weighted by Gasteiger charge is 2.12. The van der Waals surface area contributed by atoms with E-state index in [2.05, 4.69) is 29.0 Å². The van der Waals surface area contributed by atoms with Crippen LogP contribution in [0.1, 0.15) is 13.8 Å². The Morgan fingerprint density at radius 1 is 1.35 bits per heavy atom. The number of nitrogens with one attached hydrogen (secondary N) is 1. The van der Waals surface area contributed by atoms with Gasteiger partial charge in [-0.15, -0.1) is 0 Å². The van der Waals surface area contributed by atoms with Crippen LogP contribution in [0.25, 0.3) is 0 Å². The van der Waals surface area contributed by atoms with Crippen LogP contribution in [0.2, 0.25) is 0 Å². The first-order chi connectivity index (χ1) is 8.25. The van der Waals surface area contributed by atoms with Gasteiger partial charge < -0.3 is 15.0 Å². The molecule has 0 aliphatic carbocycles. The van der Waals surface area contributed by atoms with Crippen LogP contribution in [0.4, 0.5) is 5.82 Å². The van der Waals surface area contributed by atoms with Crippen molar-refractivity contribution in [1.29, 1.82) is 0 Å². The molecule has 2 rings (SSSR count). The summed E-state index contributed by atoms with van der Waals surface area (Å²) in [6, 6.07) is 5.99. The maximum Gasteiger partial charge on any atom is 0.215 e. The summed E-state index contributed by atoms with van der Waals surface area (Å²) >= 11 is 0. The number of nitrogens with zero attached hydrogens (tertiary/aromatic N) is 2. The van der Waals surface area contributed by atoms with Gasteiger partial charge in [0.05, 0.1) is 6.61 Å². The van der Waals surface area contributed by atoms with Crippen molar-refractivity contribution in [3.63, 3.8) is 0 Å². The second-order valence-electron chi connectivity index (χ2n) is 4.78. The maximum absolute atomic E-state index is 5.65. The fourth-order valence-corrected chi connectivity index (χ4v) is 1.81. The number of anilines is 1. The van der Waals surface area contributed by atoms with Crippen LogP contribution in [-0.4, -0.2) is 37.8 Å². The van der Waals surface area contributed by atoms with Gasteiger partial charge >= 0.3 is 0 Å². The molecule has 1 aliphatic heterocycles. The van der Waals surface area contributed by atoms with Crippen LogP contribution >= 0.6 is 0 Å². The van der Waals surface area contributed by atoms with Crippen molar-refractivity contribution >= 4 is 5.82 Å². The van der Waals surface area contributed by atoms with E-state index in [0.717, 1.165) is 44.5 Å². The molecule has 1 aromatic rings. The van der Waals surface area contributed by atoms with Crippen molar-refractivity contribution in [1.82, 2.24) is 10.3 Å². The number of hydrogen-bond acceptors (Lipinski definition) is 4. The van der Waals surface area contributed by atoms with E-state index in [-0.39, 0.29) is 0 Å². The molecule has 94 valence electrons. The third kappa shape index (κ3) is 3.60. The van der Waals surface area contributed by atoms with Gasteiger partial charge in [-0.25, -0.2) is 0 Å². The van der Waals surface area contributed by atoms with E-state index in [4.69, 9.17) is 4.74 Å². The van der Waals surface area contributed by atoms with Crippen LogP contribution in [0.5, 0.6) is 5.88 Å². The Hall–Kier alpha value is -1.29. The molecule has 0 radical (unpaired) electrons. The lowest BCUT2D eigenvalue weighted by molar-refractivity contribution is 0.261. The lowest BCUT2D eigenvalue weighted by Crippen LogP contribution is -2.43. The molecule has 0 atom stereocenters. The molecule has 4 heteroatoms. The number of ether oxygens (including phenoxy) is 1. The third-order valence-electron chi connectivity index (χ3n) is 2.71.